The van der Waals surface area contributed by atoms with Gasteiger partial charge >= 0.3 is 0 Å². The fraction of sp³-hybridized carbons (Fsp3) is 0.233. The van der Waals surface area contributed by atoms with Crippen molar-refractivity contribution in [3.05, 3.63) is 401 Å². The maximum Gasteiger partial charge on any atom is 0.213 e. The normalized spacial score (nSPS) is 19.3. The van der Waals surface area contributed by atoms with E-state index in [1.54, 1.807) is 194 Å². The fourth-order valence-corrected chi connectivity index (χ4v) is 15.8. The Morgan fingerprint density at radius 2 is 0.371 bits per heavy atom. The van der Waals surface area contributed by atoms with Crippen molar-refractivity contribution in [1.29, 1.82) is 0 Å². The zero-order valence-corrected chi connectivity index (χ0v) is 70.2. The molecule has 16 rings (SSSR count). The molecule has 12 aromatic carbocycles. The summed E-state index contributed by atoms with van der Waals surface area (Å²) in [5, 5.41) is 0. The summed E-state index contributed by atoms with van der Waals surface area (Å²) in [7, 11) is 6.42. The number of hydrogen-bond donors (Lipinski definition) is 0. The summed E-state index contributed by atoms with van der Waals surface area (Å²) in [4.78, 5) is 0. The van der Waals surface area contributed by atoms with Crippen LogP contribution in [0.25, 0.3) is 134 Å². The SMILES string of the molecule is [2H]C([2H])([2H])c1ccccc1-c1cc(-c2cc(-c3c(C([2H])([2H])[2H])cc(C)cc3C([2H])([2H])[2H])c(C([2H])([2H])[2H])c[n+]2C)c(C)cc1C([2H])([2H])[2H].[2H]C([2H])([2H])c1ccccc1-c1cc(-c2cc(-c3c(C([2H])([2H])[2H])cccc3C([2H])([2H])[2H])c(C([2H])([2H])[2H])c[n+]2C)c(C)cc1C([2H])([2H])[2H].[2H]C([2H])([2H])c1ccccc1-c1cc(-c2cc(-c3ccc(C)cc3C([2H])([2H])[2H])c(C([2H])([2H])[2H])c[n+]2C)c(C)cc1C([2H])([2H])[2H].[2H]C([2H])([2H])c1ccccc1-c1cc(-c2cc(-c3ccccc3C([2H])([2H])[2H])c(C([2H])([2H])[2H])c[n+]2C)c(C)cc1C([2H])([2H])[2H]. The Morgan fingerprint density at radius 3 is 0.653 bits per heavy atom. The van der Waals surface area contributed by atoms with Crippen molar-refractivity contribution in [2.75, 3.05) is 0 Å². The lowest BCUT2D eigenvalue weighted by molar-refractivity contribution is -0.660. The minimum absolute atomic E-state index is 0.0000846. The molecule has 4 nitrogen and oxygen atoms in total. The Hall–Kier alpha value is -12.8. The van der Waals surface area contributed by atoms with Crippen LogP contribution in [0.4, 0.5) is 0 Å². The predicted octanol–water partition coefficient (Wildman–Crippen LogP) is 29.5. The van der Waals surface area contributed by atoms with Crippen LogP contribution in [0.5, 0.6) is 0 Å². The lowest BCUT2D eigenvalue weighted by atomic mass is 9.88. The molecule has 0 bridgehead atoms. The van der Waals surface area contributed by atoms with Gasteiger partial charge in [-0.3, -0.25) is 0 Å². The van der Waals surface area contributed by atoms with E-state index in [1.165, 1.54) is 161 Å². The predicted molar refractivity (Wildman–Crippen MR) is 529 cm³/mol. The lowest BCUT2D eigenvalue weighted by Gasteiger charge is -2.16. The van der Waals surface area contributed by atoms with Gasteiger partial charge in [-0.1, -0.05) is 205 Å². The molecule has 16 aromatic rings. The van der Waals surface area contributed by atoms with E-state index >= 15 is 0 Å². The van der Waals surface area contributed by atoms with Crippen LogP contribution in [0.2, 0.25) is 0 Å². The molecule has 0 radical (unpaired) electrons. The van der Waals surface area contributed by atoms with E-state index in [4.69, 9.17) is 74.0 Å². The highest BCUT2D eigenvalue weighted by molar-refractivity contribution is 5.86. The van der Waals surface area contributed by atoms with Crippen molar-refractivity contribution in [3.63, 3.8) is 0 Å². The molecule has 4 aromatic heterocycles. The number of aromatic nitrogens is 4. The Kier molecular flexibility index (Phi) is 13.0. The van der Waals surface area contributed by atoms with Crippen molar-refractivity contribution in [3.8, 4) is 134 Å². The third-order valence-electron chi connectivity index (χ3n) is 22.1. The first-order valence-corrected chi connectivity index (χ1v) is 39.6. The zero-order valence-electron chi connectivity index (χ0n) is 124. The van der Waals surface area contributed by atoms with Gasteiger partial charge in [-0.15, -0.1) is 0 Å². The quantitative estimate of drug-likeness (QED) is 0.108. The van der Waals surface area contributed by atoms with Crippen LogP contribution in [-0.2, 0) is 28.2 Å². The summed E-state index contributed by atoms with van der Waals surface area (Å²) in [5.74, 6) is 0. The van der Waals surface area contributed by atoms with E-state index in [9.17, 15) is 0 Å². The van der Waals surface area contributed by atoms with E-state index in [0.717, 1.165) is 0 Å². The summed E-state index contributed by atoms with van der Waals surface area (Å²) in [6.07, 6.45) is 5.44. The molecule has 0 N–H and O–H groups in total. The highest BCUT2D eigenvalue weighted by Crippen LogP contribution is 2.43. The molecule has 0 saturated carbocycles. The van der Waals surface area contributed by atoms with Gasteiger partial charge in [0.1, 0.15) is 28.2 Å². The second-order valence-corrected chi connectivity index (χ2v) is 31.0. The summed E-state index contributed by atoms with van der Waals surface area (Å²) < 4.78 is 448. The van der Waals surface area contributed by atoms with Crippen LogP contribution < -0.4 is 18.3 Å². The molecule has 0 unspecified atom stereocenters. The standard InChI is InChI=1S/C31H34N.2C30H32N.C29H30N/c1-19-13-23(5)31(24(6)14-19)29-17-30(32(8)18-25(29)7)28-16-27(21(3)15-22(28)4)26-12-10-9-11-20(26)2;1-19-11-8-9-14-25(19)26-16-27(23(5)15-22(26)4)29-17-28(24(6)18-31(29)7)30-20(2)12-10-13-21(30)3;1-19-12-13-26(21(3)14-19)28-17-30(31(7)18-24(28)6)29-16-27(22(4)15-23(29)5)25-11-9-8-10-20(25)2;1-19-11-7-9-13-24(19)26-16-28(22(4)15-21(26)3)29-17-27(23(5)18-30(29)6)25-14-10-8-12-20(25)2/h9-18H,1-8H3;2*8-18H,1-7H3;7-18H,1-6H3/q4*+1/i2D3,3D3,5D3,6D3,7D3;1D3,2D3,3D3,4D3,6D3;2D3,3D3,4D3,6D3;1D3,2D3,3D3,5D3. The fourth-order valence-electron chi connectivity index (χ4n) is 15.8. The average molecular weight is 1680 g/mol. The van der Waals surface area contributed by atoms with Gasteiger partial charge in [-0.05, 0) is 378 Å². The summed E-state index contributed by atoms with van der Waals surface area (Å²) in [5.41, 5.74) is 5.92. The van der Waals surface area contributed by atoms with Gasteiger partial charge in [0.2, 0.25) is 22.8 Å². The van der Waals surface area contributed by atoms with Gasteiger partial charge in [0.05, 0.1) is 0 Å². The molecule has 0 saturated heterocycles. The second-order valence-electron chi connectivity index (χ2n) is 31.0. The van der Waals surface area contributed by atoms with Crippen LogP contribution in [0, 0.1) is 165 Å². The maximum atomic E-state index is 8.32. The number of hydrogen-bond acceptors (Lipinski definition) is 0. The molecular weight excluding hydrogens is 1500 g/mol. The Morgan fingerprint density at radius 1 is 0.153 bits per heavy atom. The van der Waals surface area contributed by atoms with Crippen molar-refractivity contribution in [1.82, 2.24) is 0 Å². The smallest absolute Gasteiger partial charge is 0.201 e. The highest BCUT2D eigenvalue weighted by Gasteiger charge is 2.27. The van der Waals surface area contributed by atoms with Crippen LogP contribution >= 0.6 is 0 Å². The third kappa shape index (κ3) is 18.8. The maximum absolute atomic E-state index is 8.32. The monoisotopic (exact) mass is 1680 g/mol. The molecule has 0 fully saturated rings. The minimum atomic E-state index is -2.81. The van der Waals surface area contributed by atoms with E-state index in [1.807, 2.05) is 0 Å². The number of pyridine rings is 4. The Balaban J connectivity index is 0.000000193. The Bertz CT molecular complexity index is 8830. The first-order valence-electron chi connectivity index (χ1n) is 66.6. The van der Waals surface area contributed by atoms with E-state index in [2.05, 4.69) is 0 Å². The molecular formula is C120H128N4+4. The molecule has 0 aliphatic rings. The van der Waals surface area contributed by atoms with Gasteiger partial charge in [0.25, 0.3) is 0 Å². The largest absolute Gasteiger partial charge is 0.213 e. The summed E-state index contributed by atoms with van der Waals surface area (Å²) in [6, 6.07) is 60.3. The third-order valence-corrected chi connectivity index (χ3v) is 22.1. The van der Waals surface area contributed by atoms with Crippen molar-refractivity contribution >= 4 is 0 Å². The van der Waals surface area contributed by atoms with Crippen molar-refractivity contribution in [2.24, 2.45) is 28.2 Å². The summed E-state index contributed by atoms with van der Waals surface area (Å²) in [6.45, 7) is -37.5. The first kappa shape index (κ1) is 43.0. The molecule has 124 heavy (non-hydrogen) atoms. The molecule has 4 heteroatoms. The highest BCUT2D eigenvalue weighted by atomic mass is 14.9. The van der Waals surface area contributed by atoms with Gasteiger partial charge in [0, 0.05) is 143 Å². The van der Waals surface area contributed by atoms with Crippen LogP contribution in [0.15, 0.2) is 267 Å². The molecule has 0 aliphatic carbocycles. The van der Waals surface area contributed by atoms with Crippen LogP contribution in [0.3, 0.4) is 0 Å². The van der Waals surface area contributed by atoms with Crippen LogP contribution in [0.1, 0.15) is 208 Å². The van der Waals surface area contributed by atoms with Gasteiger partial charge in [-0.2, -0.15) is 0 Å². The minimum Gasteiger partial charge on any atom is -0.201 e. The Labute approximate surface area is 818 Å². The van der Waals surface area contributed by atoms with E-state index in [-0.39, 0.29) is 189 Å². The van der Waals surface area contributed by atoms with Gasteiger partial charge < -0.3 is 0 Å². The lowest BCUT2D eigenvalue weighted by Crippen LogP contribution is -2.31. The number of aryl methyl sites for hydroxylation is 28. The first-order chi connectivity index (χ1) is 80.9. The topological polar surface area (TPSA) is 15.5 Å². The molecule has 624 valence electrons. The molecule has 0 amide bonds. The molecule has 0 spiro atoms. The van der Waals surface area contributed by atoms with Gasteiger partial charge in [-0.25, -0.2) is 18.3 Å². The molecule has 0 atom stereocenters. The van der Waals surface area contributed by atoms with Crippen molar-refractivity contribution in [2.45, 2.75) is 165 Å². The second kappa shape index (κ2) is 37.5. The molecule has 4 heterocycles. The number of nitrogens with zero attached hydrogens (tertiary/aromatic N) is 4. The number of rotatable bonds is 12. The zero-order chi connectivity index (χ0) is 134. The van der Waals surface area contributed by atoms with E-state index < -0.39 is 123 Å². The van der Waals surface area contributed by atoms with Crippen LogP contribution in [-0.4, -0.2) is 0 Å². The summed E-state index contributed by atoms with van der Waals surface area (Å²) >= 11 is 0. The average Bonchev–Trinajstić information content (AvgIpc) is 0.720. The van der Waals surface area contributed by atoms with E-state index in [0.29, 0.717) is 78.4 Å². The van der Waals surface area contributed by atoms with Gasteiger partial charge in [0.15, 0.2) is 24.8 Å². The number of benzene rings is 12. The molecule has 0 aliphatic heterocycles. The van der Waals surface area contributed by atoms with Crippen molar-refractivity contribution < 1.29 is 92.3 Å².